The first kappa shape index (κ1) is 31.9. The number of furan rings is 1. The number of hydrogen-bond donors (Lipinski definition) is 0. The highest BCUT2D eigenvalue weighted by molar-refractivity contribution is 6.08. The third kappa shape index (κ3) is 5.09. The zero-order valence-electron chi connectivity index (χ0n) is 30.9. The summed E-state index contributed by atoms with van der Waals surface area (Å²) in [4.78, 5) is 5.04. The topological polar surface area (TPSA) is 19.6 Å². The Kier molecular flexibility index (Phi) is 7.47. The van der Waals surface area contributed by atoms with Crippen LogP contribution in [0.3, 0.4) is 0 Å². The third-order valence-electron chi connectivity index (χ3n) is 12.4. The Morgan fingerprint density at radius 3 is 2.11 bits per heavy atom. The van der Waals surface area contributed by atoms with Gasteiger partial charge in [-0.1, -0.05) is 105 Å². The van der Waals surface area contributed by atoms with Crippen molar-refractivity contribution in [2.45, 2.75) is 52.0 Å². The van der Waals surface area contributed by atoms with Crippen molar-refractivity contribution < 1.29 is 4.42 Å². The van der Waals surface area contributed by atoms with Crippen LogP contribution in [0.4, 0.5) is 22.7 Å². The van der Waals surface area contributed by atoms with Crippen molar-refractivity contribution in [1.82, 2.24) is 0 Å². The van der Waals surface area contributed by atoms with E-state index in [1.54, 1.807) is 0 Å². The molecule has 260 valence electrons. The second kappa shape index (κ2) is 12.4. The third-order valence-corrected chi connectivity index (χ3v) is 12.4. The molecule has 3 nitrogen and oxygen atoms in total. The minimum Gasteiger partial charge on any atom is -0.456 e. The summed E-state index contributed by atoms with van der Waals surface area (Å²) < 4.78 is 6.43. The second-order valence-electron chi connectivity index (χ2n) is 15.4. The molecule has 1 aliphatic carbocycles. The minimum atomic E-state index is 0.262. The first-order valence-corrected chi connectivity index (χ1v) is 19.2. The standard InChI is InChI=1S/C50H44N2O/c1-5-31(2)45-30-51(46-15-9-6-14-40(45)46)36-22-19-33(4)42(28-36)41-26-34(20-18-32(41)3)35-21-24-49-43(27-35)44-29-37(23-25-50(44)53-49)52-47-16-10-7-12-38(47)39-13-8-11-17-48(39)52/h6-29,31,38,45,47H,5,30H2,1-4H3/t31?,38-,45?,47?/m0/s1. The number of fused-ring (bicyclic) bond motifs is 7. The molecule has 7 aromatic rings. The number of allylic oxidation sites excluding steroid dienone is 2. The van der Waals surface area contributed by atoms with Gasteiger partial charge in [-0.3, -0.25) is 0 Å². The molecule has 1 aromatic heterocycles. The number of para-hydroxylation sites is 2. The lowest BCUT2D eigenvalue weighted by atomic mass is 9.87. The Hall–Kier alpha value is -5.80. The van der Waals surface area contributed by atoms with Gasteiger partial charge < -0.3 is 14.2 Å². The lowest BCUT2D eigenvalue weighted by molar-refractivity contribution is 0.466. The van der Waals surface area contributed by atoms with Gasteiger partial charge in [0, 0.05) is 51.9 Å². The number of rotatable bonds is 6. The quantitative estimate of drug-likeness (QED) is 0.173. The largest absolute Gasteiger partial charge is 0.456 e. The number of hydrogen-bond acceptors (Lipinski definition) is 3. The molecule has 10 rings (SSSR count). The first-order valence-electron chi connectivity index (χ1n) is 19.2. The van der Waals surface area contributed by atoms with E-state index >= 15 is 0 Å². The summed E-state index contributed by atoms with van der Waals surface area (Å²) in [6.07, 6.45) is 10.2. The molecule has 3 aliphatic rings. The van der Waals surface area contributed by atoms with Crippen molar-refractivity contribution in [3.05, 3.63) is 168 Å². The molecule has 0 saturated heterocycles. The Labute approximate surface area is 312 Å². The van der Waals surface area contributed by atoms with E-state index in [0.29, 0.717) is 17.8 Å². The molecule has 0 radical (unpaired) electrons. The van der Waals surface area contributed by atoms with Crippen molar-refractivity contribution in [2.75, 3.05) is 16.3 Å². The molecule has 0 fully saturated rings. The van der Waals surface area contributed by atoms with Crippen LogP contribution < -0.4 is 9.80 Å². The van der Waals surface area contributed by atoms with E-state index in [4.69, 9.17) is 4.42 Å². The number of nitrogens with zero attached hydrogens (tertiary/aromatic N) is 2. The van der Waals surface area contributed by atoms with E-state index in [1.165, 1.54) is 73.7 Å². The van der Waals surface area contributed by atoms with Crippen molar-refractivity contribution in [3.8, 4) is 22.3 Å². The average molecular weight is 689 g/mol. The zero-order chi connectivity index (χ0) is 35.8. The monoisotopic (exact) mass is 688 g/mol. The number of aryl methyl sites for hydroxylation is 2. The van der Waals surface area contributed by atoms with Gasteiger partial charge in [0.15, 0.2) is 0 Å². The predicted octanol–water partition coefficient (Wildman–Crippen LogP) is 13.5. The van der Waals surface area contributed by atoms with Gasteiger partial charge in [-0.2, -0.15) is 0 Å². The summed E-state index contributed by atoms with van der Waals surface area (Å²) in [7, 11) is 0. The molecular weight excluding hydrogens is 645 g/mol. The van der Waals surface area contributed by atoms with Crippen LogP contribution in [-0.4, -0.2) is 12.6 Å². The Morgan fingerprint density at radius 1 is 0.642 bits per heavy atom. The Morgan fingerprint density at radius 2 is 1.28 bits per heavy atom. The van der Waals surface area contributed by atoms with E-state index in [2.05, 4.69) is 183 Å². The molecule has 2 aliphatic heterocycles. The molecule has 3 heterocycles. The van der Waals surface area contributed by atoms with Crippen molar-refractivity contribution in [3.63, 3.8) is 0 Å². The van der Waals surface area contributed by atoms with Gasteiger partial charge >= 0.3 is 0 Å². The van der Waals surface area contributed by atoms with Gasteiger partial charge in [-0.05, 0) is 125 Å². The molecule has 3 unspecified atom stereocenters. The fourth-order valence-electron chi connectivity index (χ4n) is 9.30. The van der Waals surface area contributed by atoms with Gasteiger partial charge in [-0.15, -0.1) is 0 Å². The highest BCUT2D eigenvalue weighted by Crippen LogP contribution is 2.49. The van der Waals surface area contributed by atoms with E-state index in [0.717, 1.165) is 28.5 Å². The SMILES string of the molecule is CCC(C)C1CN(c2ccc(C)c(-c3cc(-c4ccc5oc6ccc(N7c8ccccc8[C@@H]8C=CC=CC87)cc6c5c4)ccc3C)c2)c2ccccc21. The Bertz CT molecular complexity index is 2620. The molecule has 0 N–H and O–H groups in total. The van der Waals surface area contributed by atoms with Crippen LogP contribution in [0.25, 0.3) is 44.2 Å². The lowest BCUT2D eigenvalue weighted by Crippen LogP contribution is -2.28. The van der Waals surface area contributed by atoms with Crippen LogP contribution in [0.15, 0.2) is 150 Å². The van der Waals surface area contributed by atoms with Crippen LogP contribution in [0.1, 0.15) is 54.4 Å². The first-order chi connectivity index (χ1) is 26.0. The van der Waals surface area contributed by atoms with Crippen molar-refractivity contribution >= 4 is 44.7 Å². The Balaban J connectivity index is 1.03. The van der Waals surface area contributed by atoms with Crippen LogP contribution >= 0.6 is 0 Å². The smallest absolute Gasteiger partial charge is 0.135 e. The van der Waals surface area contributed by atoms with Gasteiger partial charge in [0.1, 0.15) is 11.2 Å². The highest BCUT2D eigenvalue weighted by atomic mass is 16.3. The summed E-state index contributed by atoms with van der Waals surface area (Å²) in [5.41, 5.74) is 17.3. The molecule has 0 bridgehead atoms. The van der Waals surface area contributed by atoms with Crippen LogP contribution in [0.5, 0.6) is 0 Å². The summed E-state index contributed by atoms with van der Waals surface area (Å²) in [5, 5.41) is 2.29. The van der Waals surface area contributed by atoms with E-state index in [1.807, 2.05) is 0 Å². The maximum absolute atomic E-state index is 6.43. The predicted molar refractivity (Wildman–Crippen MR) is 223 cm³/mol. The molecule has 3 heteroatoms. The van der Waals surface area contributed by atoms with E-state index < -0.39 is 0 Å². The summed E-state index contributed by atoms with van der Waals surface area (Å²) >= 11 is 0. The molecular formula is C50H44N2O. The van der Waals surface area contributed by atoms with Gasteiger partial charge in [0.05, 0.1) is 6.04 Å². The lowest BCUT2D eigenvalue weighted by Gasteiger charge is -2.28. The molecule has 0 amide bonds. The molecule has 0 saturated carbocycles. The van der Waals surface area contributed by atoms with E-state index in [-0.39, 0.29) is 6.04 Å². The number of anilines is 4. The van der Waals surface area contributed by atoms with Gasteiger partial charge in [0.2, 0.25) is 0 Å². The summed E-state index contributed by atoms with van der Waals surface area (Å²) in [6.45, 7) is 10.2. The minimum absolute atomic E-state index is 0.262. The van der Waals surface area contributed by atoms with Crippen molar-refractivity contribution in [2.24, 2.45) is 5.92 Å². The molecule has 4 atom stereocenters. The number of benzene rings is 6. The van der Waals surface area contributed by atoms with E-state index in [9.17, 15) is 0 Å². The average Bonchev–Trinajstić information content (AvgIpc) is 3.87. The van der Waals surface area contributed by atoms with Crippen LogP contribution in [0.2, 0.25) is 0 Å². The zero-order valence-corrected chi connectivity index (χ0v) is 30.9. The van der Waals surface area contributed by atoms with Gasteiger partial charge in [-0.25, -0.2) is 0 Å². The maximum atomic E-state index is 6.43. The fourth-order valence-corrected chi connectivity index (χ4v) is 9.30. The molecule has 0 spiro atoms. The van der Waals surface area contributed by atoms with Gasteiger partial charge in [0.25, 0.3) is 0 Å². The van der Waals surface area contributed by atoms with Crippen LogP contribution in [0, 0.1) is 19.8 Å². The highest BCUT2D eigenvalue weighted by Gasteiger charge is 2.37. The maximum Gasteiger partial charge on any atom is 0.135 e. The summed E-state index contributed by atoms with van der Waals surface area (Å²) in [6, 6.07) is 45.4. The molecule has 53 heavy (non-hydrogen) atoms. The fraction of sp³-hybridized carbons (Fsp3) is 0.200. The second-order valence-corrected chi connectivity index (χ2v) is 15.4. The van der Waals surface area contributed by atoms with Crippen LogP contribution in [-0.2, 0) is 0 Å². The van der Waals surface area contributed by atoms with Crippen molar-refractivity contribution in [1.29, 1.82) is 0 Å². The normalized spacial score (nSPS) is 19.2. The summed E-state index contributed by atoms with van der Waals surface area (Å²) in [5.74, 6) is 1.53. The molecule has 6 aromatic carbocycles.